The Kier molecular flexibility index (Phi) is 5.95. The van der Waals surface area contributed by atoms with Crippen molar-refractivity contribution in [3.8, 4) is 0 Å². The van der Waals surface area contributed by atoms with E-state index in [1.165, 1.54) is 5.56 Å². The quantitative estimate of drug-likeness (QED) is 0.848. The van der Waals surface area contributed by atoms with Crippen LogP contribution in [0.4, 0.5) is 0 Å². The van der Waals surface area contributed by atoms with Gasteiger partial charge in [-0.25, -0.2) is 0 Å². The molecule has 120 valence electrons. The summed E-state index contributed by atoms with van der Waals surface area (Å²) in [5, 5.41) is 5.98. The first kappa shape index (κ1) is 16.5. The molecular weight excluding hydrogens is 278 g/mol. The van der Waals surface area contributed by atoms with Crippen molar-refractivity contribution in [3.63, 3.8) is 0 Å². The number of rotatable bonds is 5. The Labute approximate surface area is 132 Å². The van der Waals surface area contributed by atoms with Gasteiger partial charge in [-0.05, 0) is 25.8 Å². The van der Waals surface area contributed by atoms with Gasteiger partial charge in [0.15, 0.2) is 0 Å². The summed E-state index contributed by atoms with van der Waals surface area (Å²) in [6.45, 7) is 6.49. The van der Waals surface area contributed by atoms with E-state index in [1.54, 1.807) is 0 Å². The molecule has 5 nitrogen and oxygen atoms in total. The van der Waals surface area contributed by atoms with Gasteiger partial charge in [-0.1, -0.05) is 29.8 Å². The second-order valence-corrected chi connectivity index (χ2v) is 5.90. The van der Waals surface area contributed by atoms with Crippen molar-refractivity contribution < 1.29 is 9.59 Å². The van der Waals surface area contributed by atoms with Gasteiger partial charge in [-0.15, -0.1) is 0 Å². The second-order valence-electron chi connectivity index (χ2n) is 5.90. The number of nitrogens with zero attached hydrogens (tertiary/aromatic N) is 1. The average Bonchev–Trinajstić information content (AvgIpc) is 2.52. The van der Waals surface area contributed by atoms with Crippen LogP contribution in [0.15, 0.2) is 24.3 Å². The van der Waals surface area contributed by atoms with E-state index in [0.717, 1.165) is 18.7 Å². The van der Waals surface area contributed by atoms with Gasteiger partial charge in [0.2, 0.25) is 11.8 Å². The highest BCUT2D eigenvalue weighted by Crippen LogP contribution is 2.06. The number of piperazine rings is 1. The number of nitrogens with one attached hydrogen (secondary N) is 2. The largest absolute Gasteiger partial charge is 0.347 e. The predicted octanol–water partition coefficient (Wildman–Crippen LogP) is 0.864. The molecule has 0 radical (unpaired) electrons. The van der Waals surface area contributed by atoms with Crippen LogP contribution in [0, 0.1) is 6.92 Å². The zero-order chi connectivity index (χ0) is 15.9. The Balaban J connectivity index is 1.70. The summed E-state index contributed by atoms with van der Waals surface area (Å²) in [7, 11) is 0. The monoisotopic (exact) mass is 303 g/mol. The first-order valence-corrected chi connectivity index (χ1v) is 7.88. The van der Waals surface area contributed by atoms with Gasteiger partial charge in [0, 0.05) is 32.1 Å². The smallest absolute Gasteiger partial charge is 0.242 e. The highest BCUT2D eigenvalue weighted by atomic mass is 16.2. The van der Waals surface area contributed by atoms with E-state index in [9.17, 15) is 9.59 Å². The van der Waals surface area contributed by atoms with Gasteiger partial charge in [0.1, 0.15) is 0 Å². The average molecular weight is 303 g/mol. The Morgan fingerprint density at radius 1 is 1.32 bits per heavy atom. The molecule has 1 fully saturated rings. The molecule has 1 aliphatic heterocycles. The SMILES string of the molecule is Cc1ccc(CCC(=O)NCC(=O)N2CCNC[C@H]2C)cc1. The minimum absolute atomic E-state index is 0.00214. The number of aryl methyl sites for hydroxylation is 2. The lowest BCUT2D eigenvalue weighted by molar-refractivity contribution is -0.135. The van der Waals surface area contributed by atoms with Crippen LogP contribution in [-0.4, -0.2) is 48.9 Å². The van der Waals surface area contributed by atoms with E-state index in [2.05, 4.69) is 10.6 Å². The lowest BCUT2D eigenvalue weighted by Gasteiger charge is -2.34. The van der Waals surface area contributed by atoms with E-state index in [4.69, 9.17) is 0 Å². The number of hydrogen-bond donors (Lipinski definition) is 2. The van der Waals surface area contributed by atoms with Crippen LogP contribution in [0.3, 0.4) is 0 Å². The molecule has 0 bridgehead atoms. The number of benzene rings is 1. The van der Waals surface area contributed by atoms with Crippen molar-refractivity contribution in [1.82, 2.24) is 15.5 Å². The number of carbonyl (C=O) groups is 2. The molecule has 1 aromatic carbocycles. The Bertz CT molecular complexity index is 513. The van der Waals surface area contributed by atoms with Crippen LogP contribution in [0.2, 0.25) is 0 Å². The molecule has 1 saturated heterocycles. The minimum atomic E-state index is -0.0725. The van der Waals surface area contributed by atoms with E-state index in [-0.39, 0.29) is 24.4 Å². The van der Waals surface area contributed by atoms with Crippen molar-refractivity contribution in [1.29, 1.82) is 0 Å². The normalized spacial score (nSPS) is 18.1. The predicted molar refractivity (Wildman–Crippen MR) is 86.6 cm³/mol. The standard InChI is InChI=1S/C17H25N3O2/c1-13-3-5-15(6-4-13)7-8-16(21)19-12-17(22)20-10-9-18-11-14(20)2/h3-6,14,18H,7-12H2,1-2H3,(H,19,21)/t14-/m1/s1. The van der Waals surface area contributed by atoms with E-state index < -0.39 is 0 Å². The fourth-order valence-electron chi connectivity index (χ4n) is 2.59. The third-order valence-corrected chi connectivity index (χ3v) is 4.02. The van der Waals surface area contributed by atoms with Crippen molar-refractivity contribution in [2.75, 3.05) is 26.2 Å². The van der Waals surface area contributed by atoms with Crippen LogP contribution in [0.1, 0.15) is 24.5 Å². The fraction of sp³-hybridized carbons (Fsp3) is 0.529. The first-order chi connectivity index (χ1) is 10.6. The number of hydrogen-bond acceptors (Lipinski definition) is 3. The van der Waals surface area contributed by atoms with Crippen molar-refractivity contribution in [2.45, 2.75) is 32.7 Å². The van der Waals surface area contributed by atoms with Crippen LogP contribution in [-0.2, 0) is 16.0 Å². The second kappa shape index (κ2) is 7.94. The first-order valence-electron chi connectivity index (χ1n) is 7.88. The Hall–Kier alpha value is -1.88. The van der Waals surface area contributed by atoms with E-state index >= 15 is 0 Å². The summed E-state index contributed by atoms with van der Waals surface area (Å²) in [5.74, 6) is -0.0746. The zero-order valence-corrected chi connectivity index (χ0v) is 13.4. The molecule has 1 aromatic rings. The topological polar surface area (TPSA) is 61.4 Å². The Morgan fingerprint density at radius 3 is 2.73 bits per heavy atom. The summed E-state index contributed by atoms with van der Waals surface area (Å²) >= 11 is 0. The summed E-state index contributed by atoms with van der Waals surface area (Å²) in [4.78, 5) is 25.8. The third kappa shape index (κ3) is 4.84. The van der Waals surface area contributed by atoms with Crippen LogP contribution in [0.5, 0.6) is 0 Å². The van der Waals surface area contributed by atoms with Gasteiger partial charge >= 0.3 is 0 Å². The molecule has 1 heterocycles. The molecule has 1 aliphatic rings. The maximum absolute atomic E-state index is 12.1. The highest BCUT2D eigenvalue weighted by Gasteiger charge is 2.22. The molecule has 0 spiro atoms. The molecule has 22 heavy (non-hydrogen) atoms. The summed E-state index contributed by atoms with van der Waals surface area (Å²) in [5.41, 5.74) is 2.35. The number of carbonyl (C=O) groups excluding carboxylic acids is 2. The molecule has 1 atom stereocenters. The molecule has 0 saturated carbocycles. The maximum Gasteiger partial charge on any atom is 0.242 e. The van der Waals surface area contributed by atoms with Gasteiger partial charge < -0.3 is 15.5 Å². The molecule has 5 heteroatoms. The molecule has 0 aliphatic carbocycles. The Morgan fingerprint density at radius 2 is 2.05 bits per heavy atom. The van der Waals surface area contributed by atoms with Crippen molar-refractivity contribution >= 4 is 11.8 Å². The summed E-state index contributed by atoms with van der Waals surface area (Å²) in [6, 6.07) is 8.35. The lowest BCUT2D eigenvalue weighted by atomic mass is 10.1. The van der Waals surface area contributed by atoms with Gasteiger partial charge in [0.25, 0.3) is 0 Å². The van der Waals surface area contributed by atoms with E-state index in [1.807, 2.05) is 43.0 Å². The zero-order valence-electron chi connectivity index (χ0n) is 13.4. The van der Waals surface area contributed by atoms with Crippen molar-refractivity contribution in [2.24, 2.45) is 0 Å². The van der Waals surface area contributed by atoms with Gasteiger partial charge in [-0.2, -0.15) is 0 Å². The van der Waals surface area contributed by atoms with Crippen LogP contribution < -0.4 is 10.6 Å². The molecule has 0 unspecified atom stereocenters. The molecule has 2 amide bonds. The van der Waals surface area contributed by atoms with Gasteiger partial charge in [-0.3, -0.25) is 9.59 Å². The maximum atomic E-state index is 12.1. The summed E-state index contributed by atoms with van der Waals surface area (Å²) in [6.07, 6.45) is 1.11. The molecular formula is C17H25N3O2. The minimum Gasteiger partial charge on any atom is -0.347 e. The highest BCUT2D eigenvalue weighted by molar-refractivity contribution is 5.85. The lowest BCUT2D eigenvalue weighted by Crippen LogP contribution is -2.54. The van der Waals surface area contributed by atoms with Crippen LogP contribution >= 0.6 is 0 Å². The fourth-order valence-corrected chi connectivity index (χ4v) is 2.59. The summed E-state index contributed by atoms with van der Waals surface area (Å²) < 4.78 is 0. The van der Waals surface area contributed by atoms with Gasteiger partial charge in [0.05, 0.1) is 6.54 Å². The third-order valence-electron chi connectivity index (χ3n) is 4.02. The van der Waals surface area contributed by atoms with Crippen LogP contribution in [0.25, 0.3) is 0 Å². The number of amides is 2. The molecule has 2 N–H and O–H groups in total. The molecule has 0 aromatic heterocycles. The molecule has 2 rings (SSSR count). The van der Waals surface area contributed by atoms with Crippen molar-refractivity contribution in [3.05, 3.63) is 35.4 Å². The van der Waals surface area contributed by atoms with E-state index in [0.29, 0.717) is 19.4 Å².